The zero-order valence-corrected chi connectivity index (χ0v) is 9.58. The fraction of sp³-hybridized carbons (Fsp3) is 0.231. The van der Waals surface area contributed by atoms with Crippen LogP contribution in [0, 0.1) is 0 Å². The maximum Gasteiger partial charge on any atom is 0.199 e. The van der Waals surface area contributed by atoms with Gasteiger partial charge >= 0.3 is 0 Å². The van der Waals surface area contributed by atoms with Crippen LogP contribution >= 0.6 is 0 Å². The summed E-state index contributed by atoms with van der Waals surface area (Å²) >= 11 is 0. The molecule has 17 heavy (non-hydrogen) atoms. The highest BCUT2D eigenvalue weighted by molar-refractivity contribution is 5.40. The minimum absolute atomic E-state index is 0.448. The molecule has 2 rings (SSSR count). The third-order valence-corrected chi connectivity index (χ3v) is 2.44. The summed E-state index contributed by atoms with van der Waals surface area (Å²) in [6.07, 6.45) is 7.56. The van der Waals surface area contributed by atoms with E-state index < -0.39 is 5.72 Å². The molecule has 4 heteroatoms. The molecule has 0 radical (unpaired) electrons. The van der Waals surface area contributed by atoms with Crippen molar-refractivity contribution in [1.29, 1.82) is 0 Å². The summed E-state index contributed by atoms with van der Waals surface area (Å²) in [5.41, 5.74) is -0.531. The highest BCUT2D eigenvalue weighted by Gasteiger charge is 2.22. The Morgan fingerprint density at radius 3 is 2.59 bits per heavy atom. The number of allylic oxidation sites excluding steroid dienone is 2. The lowest BCUT2D eigenvalue weighted by atomic mass is 10.1. The Balaban J connectivity index is 2.09. The Kier molecular flexibility index (Phi) is 3.35. The molecule has 1 unspecified atom stereocenters. The summed E-state index contributed by atoms with van der Waals surface area (Å²) in [5, 5.41) is 18.0. The van der Waals surface area contributed by atoms with E-state index >= 15 is 0 Å². The number of hydrogen-bond acceptors (Lipinski definition) is 4. The Bertz CT molecular complexity index is 463. The van der Waals surface area contributed by atoms with E-state index in [1.54, 1.807) is 43.5 Å². The normalized spacial score (nSPS) is 23.2. The minimum atomic E-state index is -1.21. The molecule has 1 aliphatic rings. The van der Waals surface area contributed by atoms with E-state index in [2.05, 4.69) is 10.2 Å². The fourth-order valence-corrected chi connectivity index (χ4v) is 1.47. The Labute approximate surface area is 100.0 Å². The lowest BCUT2D eigenvalue weighted by Gasteiger charge is -2.17. The van der Waals surface area contributed by atoms with Crippen LogP contribution in [-0.2, 0) is 0 Å². The van der Waals surface area contributed by atoms with Gasteiger partial charge in [0, 0.05) is 6.42 Å². The van der Waals surface area contributed by atoms with Gasteiger partial charge in [0.15, 0.2) is 5.72 Å². The molecule has 1 aromatic carbocycles. The van der Waals surface area contributed by atoms with Gasteiger partial charge in [0.2, 0.25) is 0 Å². The quantitative estimate of drug-likeness (QED) is 0.811. The predicted molar refractivity (Wildman–Crippen MR) is 65.4 cm³/mol. The van der Waals surface area contributed by atoms with Crippen LogP contribution in [0.5, 0.6) is 5.75 Å². The molecule has 0 bridgehead atoms. The summed E-state index contributed by atoms with van der Waals surface area (Å²) in [5.74, 6) is 0.767. The molecule has 1 atom stereocenters. The maximum absolute atomic E-state index is 10.0. The van der Waals surface area contributed by atoms with Crippen molar-refractivity contribution in [3.8, 4) is 5.75 Å². The van der Waals surface area contributed by atoms with Crippen molar-refractivity contribution in [1.82, 2.24) is 0 Å². The number of methoxy groups -OCH3 is 1. The van der Waals surface area contributed by atoms with E-state index in [1.807, 2.05) is 12.2 Å². The van der Waals surface area contributed by atoms with E-state index in [1.165, 1.54) is 0 Å². The monoisotopic (exact) mass is 230 g/mol. The number of azo groups is 1. The zero-order chi connectivity index (χ0) is 12.1. The average molecular weight is 230 g/mol. The van der Waals surface area contributed by atoms with Crippen LogP contribution in [0.3, 0.4) is 0 Å². The number of hydrogen-bond donors (Lipinski definition) is 1. The Hall–Kier alpha value is -1.94. The predicted octanol–water partition coefficient (Wildman–Crippen LogP) is 2.98. The van der Waals surface area contributed by atoms with Gasteiger partial charge in [0.25, 0.3) is 0 Å². The lowest BCUT2D eigenvalue weighted by molar-refractivity contribution is 0.0956. The standard InChI is InChI=1S/C13H14N2O2/c1-17-12-7-5-11(6-8-12)14-15-13(16)9-3-2-4-10-13/h2-9,16H,10H2,1H3. The van der Waals surface area contributed by atoms with Gasteiger partial charge in [-0.2, -0.15) is 5.11 Å². The van der Waals surface area contributed by atoms with Crippen molar-refractivity contribution >= 4 is 5.69 Å². The highest BCUT2D eigenvalue weighted by atomic mass is 16.5. The van der Waals surface area contributed by atoms with Gasteiger partial charge in [-0.15, -0.1) is 5.11 Å². The number of nitrogens with zero attached hydrogens (tertiary/aromatic N) is 2. The molecular formula is C13H14N2O2. The molecule has 0 saturated heterocycles. The molecule has 1 N–H and O–H groups in total. The molecule has 1 aromatic rings. The first-order valence-electron chi connectivity index (χ1n) is 5.36. The summed E-state index contributed by atoms with van der Waals surface area (Å²) in [6.45, 7) is 0. The first-order chi connectivity index (χ1) is 8.22. The van der Waals surface area contributed by atoms with Gasteiger partial charge in [-0.25, -0.2) is 0 Å². The summed E-state index contributed by atoms with van der Waals surface area (Å²) < 4.78 is 5.04. The topological polar surface area (TPSA) is 54.2 Å². The van der Waals surface area contributed by atoms with Gasteiger partial charge in [-0.1, -0.05) is 18.2 Å². The molecule has 88 valence electrons. The molecule has 0 amide bonds. The maximum atomic E-state index is 10.0. The molecule has 0 fully saturated rings. The first kappa shape index (κ1) is 11.5. The highest BCUT2D eigenvalue weighted by Crippen LogP contribution is 2.23. The van der Waals surface area contributed by atoms with Crippen LogP contribution in [0.4, 0.5) is 5.69 Å². The largest absolute Gasteiger partial charge is 0.497 e. The third-order valence-electron chi connectivity index (χ3n) is 2.44. The van der Waals surface area contributed by atoms with E-state index in [0.29, 0.717) is 12.1 Å². The summed E-state index contributed by atoms with van der Waals surface area (Å²) in [7, 11) is 1.61. The van der Waals surface area contributed by atoms with E-state index in [9.17, 15) is 5.11 Å². The molecule has 1 aliphatic carbocycles. The number of benzene rings is 1. The van der Waals surface area contributed by atoms with Crippen molar-refractivity contribution in [2.45, 2.75) is 12.1 Å². The summed E-state index contributed by atoms with van der Waals surface area (Å²) in [6, 6.07) is 7.17. The molecule has 0 aromatic heterocycles. The second kappa shape index (κ2) is 4.93. The van der Waals surface area contributed by atoms with Crippen molar-refractivity contribution in [2.75, 3.05) is 7.11 Å². The smallest absolute Gasteiger partial charge is 0.199 e. The van der Waals surface area contributed by atoms with E-state index in [4.69, 9.17) is 4.74 Å². The number of aliphatic hydroxyl groups is 1. The molecule has 0 saturated carbocycles. The SMILES string of the molecule is COc1ccc(N=NC2(O)C=CC=CC2)cc1. The minimum Gasteiger partial charge on any atom is -0.497 e. The van der Waals surface area contributed by atoms with Crippen LogP contribution in [0.15, 0.2) is 58.8 Å². The summed E-state index contributed by atoms with van der Waals surface area (Å²) in [4.78, 5) is 0. The second-order valence-corrected chi connectivity index (χ2v) is 3.77. The van der Waals surface area contributed by atoms with Gasteiger partial charge in [0.1, 0.15) is 5.75 Å². The van der Waals surface area contributed by atoms with Crippen molar-refractivity contribution in [3.05, 3.63) is 48.6 Å². The third kappa shape index (κ3) is 3.01. The molecule has 4 nitrogen and oxygen atoms in total. The van der Waals surface area contributed by atoms with Gasteiger partial charge < -0.3 is 9.84 Å². The van der Waals surface area contributed by atoms with Gasteiger partial charge in [0.05, 0.1) is 12.8 Å². The second-order valence-electron chi connectivity index (χ2n) is 3.77. The lowest BCUT2D eigenvalue weighted by Crippen LogP contribution is -2.22. The fourth-order valence-electron chi connectivity index (χ4n) is 1.47. The molecule has 0 aliphatic heterocycles. The number of ether oxygens (including phenoxy) is 1. The van der Waals surface area contributed by atoms with Crippen molar-refractivity contribution < 1.29 is 9.84 Å². The van der Waals surface area contributed by atoms with Crippen molar-refractivity contribution in [2.24, 2.45) is 10.2 Å². The van der Waals surface area contributed by atoms with Gasteiger partial charge in [-0.05, 0) is 30.3 Å². The molecule has 0 spiro atoms. The van der Waals surface area contributed by atoms with Crippen LogP contribution in [0.1, 0.15) is 6.42 Å². The van der Waals surface area contributed by atoms with E-state index in [-0.39, 0.29) is 0 Å². The zero-order valence-electron chi connectivity index (χ0n) is 9.58. The average Bonchev–Trinajstić information content (AvgIpc) is 2.38. The van der Waals surface area contributed by atoms with Crippen LogP contribution in [0.2, 0.25) is 0 Å². The van der Waals surface area contributed by atoms with Gasteiger partial charge in [-0.3, -0.25) is 0 Å². The van der Waals surface area contributed by atoms with Crippen LogP contribution in [-0.4, -0.2) is 17.9 Å². The van der Waals surface area contributed by atoms with Crippen LogP contribution < -0.4 is 4.74 Å². The first-order valence-corrected chi connectivity index (χ1v) is 5.36. The Morgan fingerprint density at radius 1 is 1.24 bits per heavy atom. The van der Waals surface area contributed by atoms with E-state index in [0.717, 1.165) is 5.75 Å². The Morgan fingerprint density at radius 2 is 2.00 bits per heavy atom. The van der Waals surface area contributed by atoms with Crippen molar-refractivity contribution in [3.63, 3.8) is 0 Å². The molecule has 0 heterocycles. The van der Waals surface area contributed by atoms with Crippen LogP contribution in [0.25, 0.3) is 0 Å². The molecular weight excluding hydrogens is 216 g/mol. The number of rotatable bonds is 3.